The predicted molar refractivity (Wildman–Crippen MR) is 81.1 cm³/mol. The van der Waals surface area contributed by atoms with Crippen LogP contribution in [-0.2, 0) is 0 Å². The fourth-order valence-corrected chi connectivity index (χ4v) is 4.41. The van der Waals surface area contributed by atoms with E-state index in [2.05, 4.69) is 24.1 Å². The fraction of sp³-hybridized carbons (Fsp3) is 0.444. The topological polar surface area (TPSA) is 24.7 Å². The van der Waals surface area contributed by atoms with Gasteiger partial charge in [0.05, 0.1) is 17.3 Å². The molecular formula is C18H18F2N2. The second-order valence-corrected chi connectivity index (χ2v) is 6.98. The van der Waals surface area contributed by atoms with E-state index in [4.69, 9.17) is 0 Å². The van der Waals surface area contributed by atoms with Crippen molar-refractivity contribution in [1.82, 2.24) is 0 Å². The maximum Gasteiger partial charge on any atom is 0.135 e. The molecule has 0 radical (unpaired) electrons. The molecular weight excluding hydrogens is 282 g/mol. The summed E-state index contributed by atoms with van der Waals surface area (Å²) in [5.41, 5.74) is 2.77. The third kappa shape index (κ3) is 1.82. The van der Waals surface area contributed by atoms with Gasteiger partial charge in [-0.05, 0) is 66.9 Å². The molecule has 2 aliphatic carbocycles. The summed E-state index contributed by atoms with van der Waals surface area (Å²) in [7, 11) is 0. The molecule has 1 aromatic rings. The summed E-state index contributed by atoms with van der Waals surface area (Å²) in [6.07, 6.45) is 5.21. The van der Waals surface area contributed by atoms with E-state index < -0.39 is 11.6 Å². The van der Waals surface area contributed by atoms with Crippen molar-refractivity contribution in [2.24, 2.45) is 21.6 Å². The van der Waals surface area contributed by atoms with Gasteiger partial charge >= 0.3 is 0 Å². The van der Waals surface area contributed by atoms with Crippen LogP contribution in [0.5, 0.6) is 0 Å². The molecule has 1 saturated carbocycles. The van der Waals surface area contributed by atoms with Crippen molar-refractivity contribution in [3.05, 3.63) is 52.6 Å². The van der Waals surface area contributed by atoms with Gasteiger partial charge < -0.3 is 0 Å². The van der Waals surface area contributed by atoms with Crippen molar-refractivity contribution in [2.45, 2.75) is 39.2 Å². The van der Waals surface area contributed by atoms with E-state index in [1.54, 1.807) is 0 Å². The van der Waals surface area contributed by atoms with Crippen LogP contribution in [-0.4, -0.2) is 6.04 Å². The van der Waals surface area contributed by atoms with Gasteiger partial charge in [-0.1, -0.05) is 13.0 Å². The van der Waals surface area contributed by atoms with Gasteiger partial charge in [0, 0.05) is 0 Å². The summed E-state index contributed by atoms with van der Waals surface area (Å²) in [4.78, 5) is 0. The maximum atomic E-state index is 14.1. The van der Waals surface area contributed by atoms with Crippen LogP contribution in [0.25, 0.3) is 5.70 Å². The Labute approximate surface area is 128 Å². The van der Waals surface area contributed by atoms with E-state index in [1.807, 2.05) is 6.08 Å². The van der Waals surface area contributed by atoms with E-state index in [0.717, 1.165) is 19.3 Å². The Morgan fingerprint density at radius 1 is 1.23 bits per heavy atom. The molecule has 0 spiro atoms. The Balaban J connectivity index is 1.89. The van der Waals surface area contributed by atoms with Crippen molar-refractivity contribution >= 4 is 5.70 Å². The highest BCUT2D eigenvalue weighted by Gasteiger charge is 2.48. The van der Waals surface area contributed by atoms with E-state index in [1.165, 1.54) is 29.3 Å². The van der Waals surface area contributed by atoms with E-state index in [9.17, 15) is 8.78 Å². The zero-order valence-corrected chi connectivity index (χ0v) is 12.7. The van der Waals surface area contributed by atoms with Gasteiger partial charge in [-0.15, -0.1) is 0 Å². The molecule has 4 bridgehead atoms. The molecule has 1 aromatic carbocycles. The average Bonchev–Trinajstić information content (AvgIpc) is 2.75. The Morgan fingerprint density at radius 2 is 1.95 bits per heavy atom. The molecule has 1 heterocycles. The number of nitrogens with zero attached hydrogens (tertiary/aromatic N) is 2. The Bertz CT molecular complexity index is 727. The normalized spacial score (nSPS) is 33.0. The van der Waals surface area contributed by atoms with Crippen LogP contribution < -0.4 is 0 Å². The van der Waals surface area contributed by atoms with Gasteiger partial charge in [-0.25, -0.2) is 8.78 Å². The first-order valence-electron chi connectivity index (χ1n) is 7.77. The summed E-state index contributed by atoms with van der Waals surface area (Å²) < 4.78 is 28.1. The lowest BCUT2D eigenvalue weighted by Crippen LogP contribution is -2.33. The van der Waals surface area contributed by atoms with Crippen LogP contribution in [0.1, 0.15) is 38.7 Å². The van der Waals surface area contributed by atoms with Crippen molar-refractivity contribution in [3.63, 3.8) is 0 Å². The van der Waals surface area contributed by atoms with Crippen LogP contribution in [0.2, 0.25) is 0 Å². The summed E-state index contributed by atoms with van der Waals surface area (Å²) in [6, 6.07) is 3.93. The first-order chi connectivity index (χ1) is 10.5. The lowest BCUT2D eigenvalue weighted by atomic mass is 9.71. The highest BCUT2D eigenvalue weighted by Crippen LogP contribution is 2.56. The van der Waals surface area contributed by atoms with Gasteiger partial charge in [0.2, 0.25) is 0 Å². The molecule has 3 aliphatic rings. The fourth-order valence-electron chi connectivity index (χ4n) is 4.41. The zero-order chi connectivity index (χ0) is 15.5. The summed E-state index contributed by atoms with van der Waals surface area (Å²) in [6.45, 7) is 4.34. The molecule has 0 aromatic heterocycles. The van der Waals surface area contributed by atoms with Crippen LogP contribution >= 0.6 is 0 Å². The van der Waals surface area contributed by atoms with Crippen molar-refractivity contribution in [2.75, 3.05) is 0 Å². The quantitative estimate of drug-likeness (QED) is 0.674. The number of fused-ring (bicyclic) bond motifs is 5. The van der Waals surface area contributed by atoms with E-state index >= 15 is 0 Å². The molecule has 22 heavy (non-hydrogen) atoms. The van der Waals surface area contributed by atoms with Crippen LogP contribution in [0.3, 0.4) is 0 Å². The Hall–Kier alpha value is -1.84. The minimum atomic E-state index is -0.587. The van der Waals surface area contributed by atoms with Crippen LogP contribution in [0.15, 0.2) is 45.6 Å². The summed E-state index contributed by atoms with van der Waals surface area (Å²) in [5.74, 6) is -0.706. The molecule has 1 fully saturated rings. The molecule has 0 N–H and O–H groups in total. The molecule has 1 aliphatic heterocycles. The number of allylic oxidation sites excluding steroid dienone is 2. The number of rotatable bonds is 1. The maximum absolute atomic E-state index is 14.1. The van der Waals surface area contributed by atoms with Gasteiger partial charge in [0.1, 0.15) is 11.6 Å². The summed E-state index contributed by atoms with van der Waals surface area (Å²) in [5, 5.41) is 8.72. The molecule has 0 amide bonds. The molecule has 114 valence electrons. The predicted octanol–water partition coefficient (Wildman–Crippen LogP) is 5.28. The smallest absolute Gasteiger partial charge is 0.135 e. The monoisotopic (exact) mass is 300 g/mol. The second-order valence-electron chi connectivity index (χ2n) is 6.98. The average molecular weight is 300 g/mol. The zero-order valence-electron chi connectivity index (χ0n) is 12.7. The highest BCUT2D eigenvalue weighted by molar-refractivity contribution is 5.69. The van der Waals surface area contributed by atoms with Gasteiger partial charge in [-0.2, -0.15) is 10.2 Å². The largest absolute Gasteiger partial charge is 0.206 e. The molecule has 3 atom stereocenters. The number of hydrogen-bond donors (Lipinski definition) is 0. The Morgan fingerprint density at radius 3 is 2.68 bits per heavy atom. The highest BCUT2D eigenvalue weighted by atomic mass is 19.1. The van der Waals surface area contributed by atoms with Crippen molar-refractivity contribution < 1.29 is 8.78 Å². The van der Waals surface area contributed by atoms with Crippen LogP contribution in [0, 0.1) is 23.0 Å². The second kappa shape index (κ2) is 4.58. The number of halogens is 2. The standard InChI is InChI=1S/C18H18F2N2/c1-10-12-8-15(16-13(19)4-3-5-14(16)20)21-22-17(10)18(2)7-6-11(12)9-18/h3-5,8,11,17H,6-7,9H2,1-2H3/t11-,17?,18+/m0/s1. The number of hydrogen-bond acceptors (Lipinski definition) is 2. The minimum Gasteiger partial charge on any atom is -0.206 e. The van der Waals surface area contributed by atoms with Crippen LogP contribution in [0.4, 0.5) is 8.78 Å². The van der Waals surface area contributed by atoms with E-state index in [-0.39, 0.29) is 17.0 Å². The van der Waals surface area contributed by atoms with Gasteiger partial charge in [0.15, 0.2) is 0 Å². The first kappa shape index (κ1) is 13.8. The molecule has 4 rings (SSSR count). The third-order valence-corrected chi connectivity index (χ3v) is 5.53. The molecule has 4 heteroatoms. The number of azo groups is 1. The third-order valence-electron chi connectivity index (χ3n) is 5.53. The molecule has 2 nitrogen and oxygen atoms in total. The van der Waals surface area contributed by atoms with E-state index in [0.29, 0.717) is 11.6 Å². The lowest BCUT2D eigenvalue weighted by molar-refractivity contribution is 0.264. The SMILES string of the molecule is CC1=C2C=C(c3c(F)cccc3F)N=NC1[C@]1(C)CC[C@H]2C1. The summed E-state index contributed by atoms with van der Waals surface area (Å²) >= 11 is 0. The van der Waals surface area contributed by atoms with Crippen molar-refractivity contribution in [1.29, 1.82) is 0 Å². The lowest BCUT2D eigenvalue weighted by Gasteiger charge is -2.35. The van der Waals surface area contributed by atoms with Gasteiger partial charge in [0.25, 0.3) is 0 Å². The van der Waals surface area contributed by atoms with Crippen molar-refractivity contribution in [3.8, 4) is 0 Å². The molecule has 0 saturated heterocycles. The van der Waals surface area contributed by atoms with Gasteiger partial charge in [-0.3, -0.25) is 0 Å². The first-order valence-corrected chi connectivity index (χ1v) is 7.77. The number of benzene rings is 1. The minimum absolute atomic E-state index is 0.0323. The molecule has 1 unspecified atom stereocenters. The Kier molecular flexibility index (Phi) is 2.87.